The Labute approximate surface area is 88.4 Å². The van der Waals surface area contributed by atoms with Gasteiger partial charge < -0.3 is 15.4 Å². The molecule has 1 aromatic rings. The summed E-state index contributed by atoms with van der Waals surface area (Å²) in [5.74, 6) is 0.823. The van der Waals surface area contributed by atoms with Gasteiger partial charge in [0.1, 0.15) is 5.75 Å². The quantitative estimate of drug-likeness (QED) is 0.801. The van der Waals surface area contributed by atoms with E-state index in [1.54, 1.807) is 7.11 Å². The first-order chi connectivity index (χ1) is 6.79. The minimum absolute atomic E-state index is 0.486. The molecule has 1 heterocycles. The van der Waals surface area contributed by atoms with Crippen LogP contribution in [0.25, 0.3) is 0 Å². The molecular formula is C10H13ClN2O. The van der Waals surface area contributed by atoms with Crippen LogP contribution in [0.15, 0.2) is 18.2 Å². The lowest BCUT2D eigenvalue weighted by atomic mass is 10.1. The topological polar surface area (TPSA) is 33.3 Å². The molecule has 1 aliphatic heterocycles. The van der Waals surface area contributed by atoms with Crippen molar-refractivity contribution in [2.45, 2.75) is 6.04 Å². The minimum atomic E-state index is 0.486. The molecule has 2 N–H and O–H groups in total. The fraction of sp³-hybridized carbons (Fsp3) is 0.400. The molecule has 2 rings (SSSR count). The van der Waals surface area contributed by atoms with Gasteiger partial charge in [0.15, 0.2) is 0 Å². The highest BCUT2D eigenvalue weighted by Gasteiger charge is 2.17. The smallest absolute Gasteiger partial charge is 0.121 e. The van der Waals surface area contributed by atoms with Crippen LogP contribution >= 0.6 is 11.6 Å². The average Bonchev–Trinajstić information content (AvgIpc) is 2.14. The summed E-state index contributed by atoms with van der Waals surface area (Å²) in [4.78, 5) is 0. The van der Waals surface area contributed by atoms with E-state index < -0.39 is 0 Å². The Balaban J connectivity index is 2.13. The van der Waals surface area contributed by atoms with Gasteiger partial charge in [-0.25, -0.2) is 0 Å². The van der Waals surface area contributed by atoms with Crippen molar-refractivity contribution in [2.24, 2.45) is 0 Å². The summed E-state index contributed by atoms with van der Waals surface area (Å²) in [6, 6.07) is 6.10. The lowest BCUT2D eigenvalue weighted by Crippen LogP contribution is -2.51. The number of benzene rings is 1. The Morgan fingerprint density at radius 2 is 2.29 bits per heavy atom. The second-order valence-electron chi connectivity index (χ2n) is 3.35. The van der Waals surface area contributed by atoms with Gasteiger partial charge in [0.05, 0.1) is 23.9 Å². The summed E-state index contributed by atoms with van der Waals surface area (Å²) in [5, 5.41) is 7.27. The highest BCUT2D eigenvalue weighted by molar-refractivity contribution is 6.33. The first-order valence-corrected chi connectivity index (χ1v) is 4.98. The summed E-state index contributed by atoms with van der Waals surface area (Å²) < 4.78 is 5.13. The van der Waals surface area contributed by atoms with Crippen LogP contribution in [0.1, 0.15) is 0 Å². The van der Waals surface area contributed by atoms with Crippen molar-refractivity contribution in [1.82, 2.24) is 5.32 Å². The highest BCUT2D eigenvalue weighted by Crippen LogP contribution is 2.27. The first kappa shape index (κ1) is 9.62. The number of halogens is 1. The lowest BCUT2D eigenvalue weighted by molar-refractivity contribution is 0.414. The maximum Gasteiger partial charge on any atom is 0.121 e. The highest BCUT2D eigenvalue weighted by atomic mass is 35.5. The number of hydrogen-bond donors (Lipinski definition) is 2. The molecule has 0 bridgehead atoms. The molecule has 0 aliphatic carbocycles. The molecule has 0 amide bonds. The van der Waals surface area contributed by atoms with Gasteiger partial charge >= 0.3 is 0 Å². The summed E-state index contributed by atoms with van der Waals surface area (Å²) in [6.45, 7) is 1.99. The van der Waals surface area contributed by atoms with Crippen LogP contribution in [0.4, 0.5) is 5.69 Å². The van der Waals surface area contributed by atoms with Crippen LogP contribution < -0.4 is 15.4 Å². The number of hydrogen-bond acceptors (Lipinski definition) is 3. The standard InChI is InChI=1S/C10H13ClN2O/c1-14-8-2-3-9(11)10(4-8)13-7-5-12-6-7/h2-4,7,12-13H,5-6H2,1H3. The van der Waals surface area contributed by atoms with Crippen LogP contribution in [0.2, 0.25) is 5.02 Å². The van der Waals surface area contributed by atoms with Crippen LogP contribution in [-0.2, 0) is 0 Å². The zero-order valence-corrected chi connectivity index (χ0v) is 8.77. The second-order valence-corrected chi connectivity index (χ2v) is 3.75. The maximum atomic E-state index is 6.04. The zero-order chi connectivity index (χ0) is 9.97. The Morgan fingerprint density at radius 1 is 1.50 bits per heavy atom. The van der Waals surface area contributed by atoms with E-state index >= 15 is 0 Å². The molecule has 3 nitrogen and oxygen atoms in total. The fourth-order valence-corrected chi connectivity index (χ4v) is 1.52. The van der Waals surface area contributed by atoms with Crippen LogP contribution in [0.3, 0.4) is 0 Å². The number of nitrogens with one attached hydrogen (secondary N) is 2. The van der Waals surface area contributed by atoms with E-state index in [-0.39, 0.29) is 0 Å². The molecule has 0 atom stereocenters. The molecular weight excluding hydrogens is 200 g/mol. The predicted molar refractivity (Wildman–Crippen MR) is 58.3 cm³/mol. The molecule has 14 heavy (non-hydrogen) atoms. The molecule has 1 fully saturated rings. The molecule has 0 aromatic heterocycles. The van der Waals surface area contributed by atoms with Gasteiger partial charge in [-0.3, -0.25) is 0 Å². The van der Waals surface area contributed by atoms with E-state index in [4.69, 9.17) is 16.3 Å². The third-order valence-corrected chi connectivity index (χ3v) is 2.64. The molecule has 0 spiro atoms. The Morgan fingerprint density at radius 3 is 2.86 bits per heavy atom. The van der Waals surface area contributed by atoms with E-state index in [9.17, 15) is 0 Å². The van der Waals surface area contributed by atoms with Crippen molar-refractivity contribution in [1.29, 1.82) is 0 Å². The molecule has 1 aromatic carbocycles. The van der Waals surface area contributed by atoms with E-state index in [0.29, 0.717) is 6.04 Å². The van der Waals surface area contributed by atoms with Gasteiger partial charge in [0.25, 0.3) is 0 Å². The largest absolute Gasteiger partial charge is 0.497 e. The van der Waals surface area contributed by atoms with Gasteiger partial charge in [-0.1, -0.05) is 11.6 Å². The van der Waals surface area contributed by atoms with Crippen LogP contribution in [0, 0.1) is 0 Å². The lowest BCUT2D eigenvalue weighted by Gasteiger charge is -2.29. The average molecular weight is 213 g/mol. The molecule has 0 unspecified atom stereocenters. The SMILES string of the molecule is COc1ccc(Cl)c(NC2CNC2)c1. The fourth-order valence-electron chi connectivity index (χ4n) is 1.35. The van der Waals surface area contributed by atoms with E-state index in [1.807, 2.05) is 18.2 Å². The van der Waals surface area contributed by atoms with Gasteiger partial charge in [-0.05, 0) is 12.1 Å². The van der Waals surface area contributed by atoms with Gasteiger partial charge in [-0.15, -0.1) is 0 Å². The maximum absolute atomic E-state index is 6.04. The second kappa shape index (κ2) is 4.07. The van der Waals surface area contributed by atoms with Gasteiger partial charge in [-0.2, -0.15) is 0 Å². The summed E-state index contributed by atoms with van der Waals surface area (Å²) in [5.41, 5.74) is 0.942. The van der Waals surface area contributed by atoms with Crippen molar-refractivity contribution in [2.75, 3.05) is 25.5 Å². The van der Waals surface area contributed by atoms with Crippen LogP contribution in [-0.4, -0.2) is 26.2 Å². The zero-order valence-electron chi connectivity index (χ0n) is 8.01. The van der Waals surface area contributed by atoms with Crippen molar-refractivity contribution in [3.8, 4) is 5.75 Å². The molecule has 4 heteroatoms. The first-order valence-electron chi connectivity index (χ1n) is 4.60. The molecule has 1 saturated heterocycles. The number of anilines is 1. The van der Waals surface area contributed by atoms with Gasteiger partial charge in [0.2, 0.25) is 0 Å². The minimum Gasteiger partial charge on any atom is -0.497 e. The van der Waals surface area contributed by atoms with E-state index in [0.717, 1.165) is 29.5 Å². The normalized spacial score (nSPS) is 16.1. The summed E-state index contributed by atoms with van der Waals surface area (Å²) in [6.07, 6.45) is 0. The van der Waals surface area contributed by atoms with Crippen molar-refractivity contribution < 1.29 is 4.74 Å². The van der Waals surface area contributed by atoms with Crippen molar-refractivity contribution >= 4 is 17.3 Å². The van der Waals surface area contributed by atoms with Gasteiger partial charge in [0, 0.05) is 19.2 Å². The summed E-state index contributed by atoms with van der Waals surface area (Å²) >= 11 is 6.04. The Hall–Kier alpha value is -0.930. The van der Waals surface area contributed by atoms with Crippen molar-refractivity contribution in [3.05, 3.63) is 23.2 Å². The Bertz CT molecular complexity index is 326. The molecule has 0 radical (unpaired) electrons. The summed E-state index contributed by atoms with van der Waals surface area (Å²) in [7, 11) is 1.65. The van der Waals surface area contributed by atoms with E-state index in [1.165, 1.54) is 0 Å². The predicted octanol–water partition coefficient (Wildman–Crippen LogP) is 1.73. The third-order valence-electron chi connectivity index (χ3n) is 2.31. The number of ether oxygens (including phenoxy) is 1. The third kappa shape index (κ3) is 1.94. The number of rotatable bonds is 3. The van der Waals surface area contributed by atoms with E-state index in [2.05, 4.69) is 10.6 Å². The monoisotopic (exact) mass is 212 g/mol. The van der Waals surface area contributed by atoms with Crippen molar-refractivity contribution in [3.63, 3.8) is 0 Å². The molecule has 1 aliphatic rings. The Kier molecular flexibility index (Phi) is 2.79. The molecule has 76 valence electrons. The molecule has 0 saturated carbocycles. The number of methoxy groups -OCH3 is 1. The van der Waals surface area contributed by atoms with Crippen LogP contribution in [0.5, 0.6) is 5.75 Å².